The number of halogens is 1. The molecule has 1 atom stereocenters. The summed E-state index contributed by atoms with van der Waals surface area (Å²) in [7, 11) is -3.85. The Morgan fingerprint density at radius 1 is 1.05 bits per heavy atom. The second-order valence-corrected chi connectivity index (χ2v) is 5.49. The molecule has 3 rings (SSSR count). The van der Waals surface area contributed by atoms with Gasteiger partial charge >= 0.3 is 10.3 Å². The van der Waals surface area contributed by atoms with Gasteiger partial charge in [0.2, 0.25) is 0 Å². The molecule has 1 N–H and O–H groups in total. The highest BCUT2D eigenvalue weighted by molar-refractivity contribution is 7.85. The number of rotatable bonds is 1. The number of fused-ring (bicyclic) bond motifs is 1. The first kappa shape index (κ1) is 12.1. The number of hydrogen-bond acceptors (Lipinski definition) is 3. The molecule has 2 aromatic carbocycles. The summed E-state index contributed by atoms with van der Waals surface area (Å²) in [6.45, 7) is 0. The van der Waals surface area contributed by atoms with Crippen molar-refractivity contribution >= 4 is 10.3 Å². The zero-order chi connectivity index (χ0) is 13.5. The first-order chi connectivity index (χ1) is 9.05. The minimum Gasteiger partial charge on any atom is -0.371 e. The van der Waals surface area contributed by atoms with Crippen molar-refractivity contribution in [1.82, 2.24) is 4.72 Å². The molecule has 98 valence electrons. The van der Waals surface area contributed by atoms with Crippen LogP contribution in [0.15, 0.2) is 48.5 Å². The lowest BCUT2D eigenvalue weighted by atomic mass is 9.99. The molecule has 1 heterocycles. The molecule has 0 aromatic heterocycles. The van der Waals surface area contributed by atoms with Crippen molar-refractivity contribution in [2.45, 2.75) is 6.04 Å². The topological polar surface area (TPSA) is 55.4 Å². The van der Waals surface area contributed by atoms with E-state index in [1.165, 1.54) is 12.1 Å². The predicted octanol–water partition coefficient (Wildman–Crippen LogP) is 2.14. The van der Waals surface area contributed by atoms with Crippen LogP contribution < -0.4 is 8.91 Å². The first-order valence-electron chi connectivity index (χ1n) is 5.61. The summed E-state index contributed by atoms with van der Waals surface area (Å²) in [5, 5.41) is 0. The molecule has 1 unspecified atom stereocenters. The van der Waals surface area contributed by atoms with E-state index < -0.39 is 16.3 Å². The van der Waals surface area contributed by atoms with Gasteiger partial charge in [-0.05, 0) is 23.8 Å². The third kappa shape index (κ3) is 2.32. The summed E-state index contributed by atoms with van der Waals surface area (Å²) in [6, 6.07) is 11.9. The largest absolute Gasteiger partial charge is 0.383 e. The van der Waals surface area contributed by atoms with E-state index >= 15 is 0 Å². The SMILES string of the molecule is O=S1(=O)NC(c2ccc(F)cc2)c2ccccc2O1. The van der Waals surface area contributed by atoms with E-state index in [9.17, 15) is 12.8 Å². The van der Waals surface area contributed by atoms with Gasteiger partial charge in [0.15, 0.2) is 0 Å². The van der Waals surface area contributed by atoms with Gasteiger partial charge in [0.1, 0.15) is 11.6 Å². The molecule has 6 heteroatoms. The normalized spacial score (nSPS) is 20.4. The van der Waals surface area contributed by atoms with Crippen molar-refractivity contribution < 1.29 is 17.0 Å². The zero-order valence-corrected chi connectivity index (χ0v) is 10.5. The second-order valence-electron chi connectivity index (χ2n) is 4.18. The lowest BCUT2D eigenvalue weighted by Crippen LogP contribution is -2.37. The van der Waals surface area contributed by atoms with Crippen molar-refractivity contribution in [3.8, 4) is 5.75 Å². The number of hydrogen-bond donors (Lipinski definition) is 1. The van der Waals surface area contributed by atoms with Crippen LogP contribution in [0, 0.1) is 5.82 Å². The van der Waals surface area contributed by atoms with E-state index in [0.717, 1.165) is 0 Å². The Hall–Kier alpha value is -1.92. The fourth-order valence-electron chi connectivity index (χ4n) is 2.05. The molecule has 19 heavy (non-hydrogen) atoms. The summed E-state index contributed by atoms with van der Waals surface area (Å²) in [5.41, 5.74) is 1.35. The minimum absolute atomic E-state index is 0.288. The highest BCUT2D eigenvalue weighted by Crippen LogP contribution is 2.34. The third-order valence-electron chi connectivity index (χ3n) is 2.90. The second kappa shape index (κ2) is 4.32. The third-order valence-corrected chi connectivity index (χ3v) is 3.82. The molecule has 0 saturated carbocycles. The Kier molecular flexibility index (Phi) is 2.76. The fraction of sp³-hybridized carbons (Fsp3) is 0.0769. The van der Waals surface area contributed by atoms with E-state index in [4.69, 9.17) is 4.18 Å². The van der Waals surface area contributed by atoms with E-state index in [-0.39, 0.29) is 11.6 Å². The smallest absolute Gasteiger partial charge is 0.371 e. The van der Waals surface area contributed by atoms with Crippen LogP contribution in [0.1, 0.15) is 17.2 Å². The molecule has 0 radical (unpaired) electrons. The van der Waals surface area contributed by atoms with E-state index in [0.29, 0.717) is 11.1 Å². The van der Waals surface area contributed by atoms with E-state index in [2.05, 4.69) is 4.72 Å². The highest BCUT2D eigenvalue weighted by Gasteiger charge is 2.31. The summed E-state index contributed by atoms with van der Waals surface area (Å²) in [4.78, 5) is 0. The van der Waals surface area contributed by atoms with Crippen molar-refractivity contribution in [3.63, 3.8) is 0 Å². The van der Waals surface area contributed by atoms with Crippen LogP contribution in [-0.2, 0) is 10.3 Å². The van der Waals surface area contributed by atoms with Gasteiger partial charge in [0.25, 0.3) is 0 Å². The molecule has 0 amide bonds. The number of para-hydroxylation sites is 1. The highest BCUT2D eigenvalue weighted by atomic mass is 32.2. The standard InChI is InChI=1S/C13H10FNO3S/c14-10-7-5-9(6-8-10)13-11-3-1-2-4-12(11)18-19(16,17)15-13/h1-8,13,15H. The van der Waals surface area contributed by atoms with Crippen LogP contribution in [0.5, 0.6) is 5.75 Å². The molecule has 1 aliphatic rings. The summed E-state index contributed by atoms with van der Waals surface area (Å²) in [5.74, 6) is -0.0810. The molecule has 0 saturated heterocycles. The van der Waals surface area contributed by atoms with E-state index in [1.807, 2.05) is 0 Å². The van der Waals surface area contributed by atoms with Crippen LogP contribution in [0.25, 0.3) is 0 Å². The van der Waals surface area contributed by atoms with Gasteiger partial charge in [-0.25, -0.2) is 4.39 Å². The zero-order valence-electron chi connectivity index (χ0n) is 9.71. The van der Waals surface area contributed by atoms with Crippen LogP contribution >= 0.6 is 0 Å². The van der Waals surface area contributed by atoms with Crippen LogP contribution in [0.2, 0.25) is 0 Å². The summed E-state index contributed by atoms with van der Waals surface area (Å²) >= 11 is 0. The van der Waals surface area contributed by atoms with Crippen molar-refractivity contribution in [2.75, 3.05) is 0 Å². The van der Waals surface area contributed by atoms with Gasteiger partial charge in [-0.15, -0.1) is 0 Å². The predicted molar refractivity (Wildman–Crippen MR) is 67.4 cm³/mol. The van der Waals surface area contributed by atoms with Crippen molar-refractivity contribution in [2.24, 2.45) is 0 Å². The Morgan fingerprint density at radius 3 is 2.47 bits per heavy atom. The van der Waals surface area contributed by atoms with Gasteiger partial charge in [-0.2, -0.15) is 13.1 Å². The van der Waals surface area contributed by atoms with Gasteiger partial charge < -0.3 is 4.18 Å². The Labute approximate surface area is 110 Å². The Morgan fingerprint density at radius 2 is 1.74 bits per heavy atom. The average molecular weight is 279 g/mol. The molecular weight excluding hydrogens is 269 g/mol. The minimum atomic E-state index is -3.85. The molecule has 0 bridgehead atoms. The first-order valence-corrected chi connectivity index (χ1v) is 7.02. The maximum atomic E-state index is 12.9. The Bertz CT molecular complexity index is 713. The average Bonchev–Trinajstić information content (AvgIpc) is 2.37. The molecule has 0 fully saturated rings. The quantitative estimate of drug-likeness (QED) is 0.870. The summed E-state index contributed by atoms with van der Waals surface area (Å²) < 4.78 is 43.5. The molecule has 0 spiro atoms. The molecule has 1 aliphatic heterocycles. The Balaban J connectivity index is 2.13. The van der Waals surface area contributed by atoms with Crippen LogP contribution in [-0.4, -0.2) is 8.42 Å². The van der Waals surface area contributed by atoms with Gasteiger partial charge in [-0.3, -0.25) is 0 Å². The lowest BCUT2D eigenvalue weighted by Gasteiger charge is -2.26. The van der Waals surface area contributed by atoms with Gasteiger partial charge in [0, 0.05) is 5.56 Å². The monoisotopic (exact) mass is 279 g/mol. The van der Waals surface area contributed by atoms with Crippen molar-refractivity contribution in [1.29, 1.82) is 0 Å². The van der Waals surface area contributed by atoms with Gasteiger partial charge in [0.05, 0.1) is 6.04 Å². The maximum Gasteiger partial charge on any atom is 0.383 e. The van der Waals surface area contributed by atoms with Crippen LogP contribution in [0.4, 0.5) is 4.39 Å². The van der Waals surface area contributed by atoms with Gasteiger partial charge in [-0.1, -0.05) is 30.3 Å². The molecular formula is C13H10FNO3S. The molecule has 2 aromatic rings. The molecule has 0 aliphatic carbocycles. The van der Waals surface area contributed by atoms with Crippen LogP contribution in [0.3, 0.4) is 0 Å². The van der Waals surface area contributed by atoms with Crippen molar-refractivity contribution in [3.05, 3.63) is 65.5 Å². The van der Waals surface area contributed by atoms with E-state index in [1.54, 1.807) is 36.4 Å². The summed E-state index contributed by atoms with van der Waals surface area (Å²) in [6.07, 6.45) is 0. The molecule has 4 nitrogen and oxygen atoms in total. The fourth-order valence-corrected chi connectivity index (χ4v) is 3.04. The number of nitrogens with one attached hydrogen (secondary N) is 1. The maximum absolute atomic E-state index is 12.9. The number of benzene rings is 2. The lowest BCUT2D eigenvalue weighted by molar-refractivity contribution is 0.441.